The van der Waals surface area contributed by atoms with Gasteiger partial charge in [0.15, 0.2) is 0 Å². The lowest BCUT2D eigenvalue weighted by atomic mass is 10.0. The predicted octanol–water partition coefficient (Wildman–Crippen LogP) is 2.99. The summed E-state index contributed by atoms with van der Waals surface area (Å²) in [5.74, 6) is -0.378. The van der Waals surface area contributed by atoms with Crippen LogP contribution in [0.15, 0.2) is 36.4 Å². The smallest absolute Gasteiger partial charge is 0.131 e. The maximum Gasteiger partial charge on any atom is 0.131 e. The van der Waals surface area contributed by atoms with Gasteiger partial charge < -0.3 is 15.4 Å². The number of ether oxygens (including phenoxy) is 1. The van der Waals surface area contributed by atoms with Crippen molar-refractivity contribution in [3.05, 3.63) is 59.2 Å². The zero-order valence-electron chi connectivity index (χ0n) is 11.6. The van der Waals surface area contributed by atoms with Crippen molar-refractivity contribution in [3.63, 3.8) is 0 Å². The fourth-order valence-corrected chi connectivity index (χ4v) is 2.85. The number of benzene rings is 2. The molecule has 1 heterocycles. The van der Waals surface area contributed by atoms with E-state index in [2.05, 4.69) is 0 Å². The number of methoxy groups -OCH3 is 1. The summed E-state index contributed by atoms with van der Waals surface area (Å²) in [7, 11) is 1.59. The molecule has 21 heavy (non-hydrogen) atoms. The minimum atomic E-state index is -0.572. The normalized spacial score (nSPS) is 17.0. The molecule has 1 aliphatic rings. The molecule has 0 aromatic heterocycles. The molecule has 110 valence electrons. The van der Waals surface area contributed by atoms with Crippen molar-refractivity contribution in [2.45, 2.75) is 12.6 Å². The topological polar surface area (TPSA) is 38.5 Å². The Hall–Kier alpha value is -2.14. The summed E-state index contributed by atoms with van der Waals surface area (Å²) >= 11 is 0. The SMILES string of the molecule is COc1cccc(N2Cc3c(F)cc(F)cc3C2CN)c1. The van der Waals surface area contributed by atoms with Gasteiger partial charge in [-0.15, -0.1) is 0 Å². The molecule has 0 fully saturated rings. The Balaban J connectivity index is 2.04. The van der Waals surface area contributed by atoms with E-state index in [9.17, 15) is 8.78 Å². The van der Waals surface area contributed by atoms with Crippen LogP contribution in [0.25, 0.3) is 0 Å². The number of halogens is 2. The minimum absolute atomic E-state index is 0.239. The second-order valence-electron chi connectivity index (χ2n) is 5.04. The van der Waals surface area contributed by atoms with Crippen LogP contribution in [0, 0.1) is 11.6 Å². The van der Waals surface area contributed by atoms with Crippen LogP contribution < -0.4 is 15.4 Å². The first kappa shape index (κ1) is 13.8. The van der Waals surface area contributed by atoms with Gasteiger partial charge in [-0.1, -0.05) is 6.07 Å². The van der Waals surface area contributed by atoms with Crippen LogP contribution in [0.1, 0.15) is 17.2 Å². The first-order valence-electron chi connectivity index (χ1n) is 6.72. The van der Waals surface area contributed by atoms with Crippen LogP contribution in [0.5, 0.6) is 5.75 Å². The third kappa shape index (κ3) is 2.34. The minimum Gasteiger partial charge on any atom is -0.497 e. The molecule has 1 aliphatic heterocycles. The molecule has 0 spiro atoms. The van der Waals surface area contributed by atoms with Crippen molar-refractivity contribution in [2.75, 3.05) is 18.6 Å². The van der Waals surface area contributed by atoms with E-state index < -0.39 is 11.6 Å². The molecule has 2 aromatic carbocycles. The van der Waals surface area contributed by atoms with Gasteiger partial charge in [0.05, 0.1) is 13.2 Å². The van der Waals surface area contributed by atoms with E-state index in [0.29, 0.717) is 23.4 Å². The third-order valence-electron chi connectivity index (χ3n) is 3.87. The van der Waals surface area contributed by atoms with Gasteiger partial charge in [0.2, 0.25) is 0 Å². The fourth-order valence-electron chi connectivity index (χ4n) is 2.85. The predicted molar refractivity (Wildman–Crippen MR) is 77.3 cm³/mol. The molecule has 5 heteroatoms. The van der Waals surface area contributed by atoms with E-state index in [1.165, 1.54) is 6.07 Å². The van der Waals surface area contributed by atoms with Gasteiger partial charge in [-0.3, -0.25) is 0 Å². The average molecular weight is 290 g/mol. The average Bonchev–Trinajstić information content (AvgIpc) is 2.86. The van der Waals surface area contributed by atoms with Crippen LogP contribution in [-0.4, -0.2) is 13.7 Å². The lowest BCUT2D eigenvalue weighted by Gasteiger charge is -2.26. The molecule has 2 N–H and O–H groups in total. The van der Waals surface area contributed by atoms with E-state index in [4.69, 9.17) is 10.5 Å². The molecule has 0 saturated carbocycles. The first-order valence-corrected chi connectivity index (χ1v) is 6.72. The van der Waals surface area contributed by atoms with Crippen LogP contribution in [0.3, 0.4) is 0 Å². The Morgan fingerprint density at radius 2 is 2.10 bits per heavy atom. The lowest BCUT2D eigenvalue weighted by molar-refractivity contribution is 0.414. The molecular weight excluding hydrogens is 274 g/mol. The maximum absolute atomic E-state index is 14.0. The van der Waals surface area contributed by atoms with Crippen molar-refractivity contribution in [1.82, 2.24) is 0 Å². The highest BCUT2D eigenvalue weighted by Gasteiger charge is 2.32. The number of nitrogens with two attached hydrogens (primary N) is 1. The molecule has 0 amide bonds. The number of anilines is 1. The summed E-state index contributed by atoms with van der Waals surface area (Å²) in [6, 6.07) is 9.52. The number of hydrogen-bond donors (Lipinski definition) is 1. The second-order valence-corrected chi connectivity index (χ2v) is 5.04. The highest BCUT2D eigenvalue weighted by atomic mass is 19.1. The molecule has 0 aliphatic carbocycles. The zero-order valence-corrected chi connectivity index (χ0v) is 11.6. The maximum atomic E-state index is 14.0. The highest BCUT2D eigenvalue weighted by Crippen LogP contribution is 2.39. The molecule has 0 radical (unpaired) electrons. The summed E-state index contributed by atoms with van der Waals surface area (Å²) in [5, 5.41) is 0. The quantitative estimate of drug-likeness (QED) is 0.944. The largest absolute Gasteiger partial charge is 0.497 e. The molecule has 1 atom stereocenters. The van der Waals surface area contributed by atoms with Crippen LogP contribution in [0.2, 0.25) is 0 Å². The number of nitrogens with zero attached hydrogens (tertiary/aromatic N) is 1. The van der Waals surface area contributed by atoms with Crippen molar-refractivity contribution in [3.8, 4) is 5.75 Å². The molecule has 0 saturated heterocycles. The Morgan fingerprint density at radius 1 is 1.29 bits per heavy atom. The molecule has 2 aromatic rings. The van der Waals surface area contributed by atoms with Gasteiger partial charge in [-0.2, -0.15) is 0 Å². The van der Waals surface area contributed by atoms with Gasteiger partial charge >= 0.3 is 0 Å². The van der Waals surface area contributed by atoms with Crippen molar-refractivity contribution in [1.29, 1.82) is 0 Å². The summed E-state index contributed by atoms with van der Waals surface area (Å²) in [6.07, 6.45) is 0. The first-order chi connectivity index (χ1) is 10.1. The monoisotopic (exact) mass is 290 g/mol. The number of fused-ring (bicyclic) bond motifs is 1. The summed E-state index contributed by atoms with van der Waals surface area (Å²) in [5.41, 5.74) is 7.84. The Kier molecular flexibility index (Phi) is 3.51. The third-order valence-corrected chi connectivity index (χ3v) is 3.87. The van der Waals surface area contributed by atoms with E-state index in [1.54, 1.807) is 7.11 Å². The second kappa shape index (κ2) is 5.33. The molecule has 1 unspecified atom stereocenters. The van der Waals surface area contributed by atoms with Crippen molar-refractivity contribution < 1.29 is 13.5 Å². The van der Waals surface area contributed by atoms with E-state index in [0.717, 1.165) is 11.8 Å². The van der Waals surface area contributed by atoms with Crippen LogP contribution in [0.4, 0.5) is 14.5 Å². The zero-order chi connectivity index (χ0) is 15.0. The van der Waals surface area contributed by atoms with Crippen molar-refractivity contribution in [2.24, 2.45) is 5.73 Å². The molecular formula is C16H16F2N2O. The summed E-state index contributed by atoms with van der Waals surface area (Å²) in [6.45, 7) is 0.656. The van der Waals surface area contributed by atoms with E-state index in [1.807, 2.05) is 29.2 Å². The summed E-state index contributed by atoms with van der Waals surface area (Å²) in [4.78, 5) is 1.97. The molecule has 3 nitrogen and oxygen atoms in total. The van der Waals surface area contributed by atoms with Gasteiger partial charge in [0.1, 0.15) is 17.4 Å². The van der Waals surface area contributed by atoms with Crippen LogP contribution in [-0.2, 0) is 6.54 Å². The standard InChI is InChI=1S/C16H16F2N2O/c1-21-12-4-2-3-11(7-12)20-9-14-13(16(20)8-19)5-10(17)6-15(14)18/h2-7,16H,8-9,19H2,1H3. The highest BCUT2D eigenvalue weighted by molar-refractivity contribution is 5.57. The van der Waals surface area contributed by atoms with E-state index >= 15 is 0 Å². The lowest BCUT2D eigenvalue weighted by Crippen LogP contribution is -2.27. The Bertz CT molecular complexity index is 675. The number of hydrogen-bond acceptors (Lipinski definition) is 3. The summed E-state index contributed by atoms with van der Waals surface area (Å²) < 4.78 is 32.6. The van der Waals surface area contributed by atoms with Gasteiger partial charge in [-0.25, -0.2) is 8.78 Å². The molecule has 3 rings (SSSR count). The van der Waals surface area contributed by atoms with Crippen molar-refractivity contribution >= 4 is 5.69 Å². The Labute approximate surface area is 121 Å². The molecule has 0 bridgehead atoms. The van der Waals surface area contributed by atoms with Gasteiger partial charge in [0.25, 0.3) is 0 Å². The van der Waals surface area contributed by atoms with Gasteiger partial charge in [0, 0.05) is 36.5 Å². The van der Waals surface area contributed by atoms with Gasteiger partial charge in [-0.05, 0) is 23.8 Å². The van der Waals surface area contributed by atoms with E-state index in [-0.39, 0.29) is 12.6 Å². The Morgan fingerprint density at radius 3 is 2.81 bits per heavy atom. The fraction of sp³-hybridized carbons (Fsp3) is 0.250. The van der Waals surface area contributed by atoms with Crippen LogP contribution >= 0.6 is 0 Å². The number of rotatable bonds is 3.